The van der Waals surface area contributed by atoms with Gasteiger partial charge in [0.05, 0.1) is 12.0 Å². The molecule has 108 valence electrons. The quantitative estimate of drug-likeness (QED) is 0.855. The van der Waals surface area contributed by atoms with Crippen molar-refractivity contribution >= 4 is 5.91 Å². The first kappa shape index (κ1) is 12.7. The Labute approximate surface area is 121 Å². The summed E-state index contributed by atoms with van der Waals surface area (Å²) >= 11 is 0. The number of nitrogens with zero attached hydrogens (tertiary/aromatic N) is 1. The van der Waals surface area contributed by atoms with E-state index < -0.39 is 0 Å². The van der Waals surface area contributed by atoms with Gasteiger partial charge < -0.3 is 5.32 Å². The summed E-state index contributed by atoms with van der Waals surface area (Å²) in [4.78, 5) is 12.0. The van der Waals surface area contributed by atoms with Crippen LogP contribution >= 0.6 is 0 Å². The standard InChI is InChI=1S/C17H24N2O/c18-9-14(8-16(20)19-15-1-2-15)17-12-4-10-3-11(6-12)7-13(17)5-10/h10-15,17H,1-8H2,(H,19,20). The first-order chi connectivity index (χ1) is 9.72. The summed E-state index contributed by atoms with van der Waals surface area (Å²) in [5.41, 5.74) is 0. The zero-order valence-electron chi connectivity index (χ0n) is 12.1. The van der Waals surface area contributed by atoms with Gasteiger partial charge in [0.2, 0.25) is 5.91 Å². The van der Waals surface area contributed by atoms with Crippen LogP contribution in [0.1, 0.15) is 51.4 Å². The Hall–Kier alpha value is -1.04. The van der Waals surface area contributed by atoms with Gasteiger partial charge >= 0.3 is 0 Å². The molecule has 0 aromatic heterocycles. The van der Waals surface area contributed by atoms with Crippen LogP contribution in [0.15, 0.2) is 0 Å². The molecule has 1 atom stereocenters. The maximum atomic E-state index is 12.0. The highest BCUT2D eigenvalue weighted by Gasteiger charge is 2.50. The molecule has 1 unspecified atom stereocenters. The van der Waals surface area contributed by atoms with Crippen LogP contribution in [0.3, 0.4) is 0 Å². The minimum atomic E-state index is -0.0382. The fourth-order valence-corrected chi connectivity index (χ4v) is 5.61. The van der Waals surface area contributed by atoms with Crippen LogP contribution in [-0.2, 0) is 4.79 Å². The van der Waals surface area contributed by atoms with Crippen LogP contribution in [-0.4, -0.2) is 11.9 Å². The van der Waals surface area contributed by atoms with E-state index in [0.29, 0.717) is 18.4 Å². The van der Waals surface area contributed by atoms with Crippen molar-refractivity contribution < 1.29 is 4.79 Å². The number of amides is 1. The van der Waals surface area contributed by atoms with Gasteiger partial charge in [-0.05, 0) is 74.5 Å². The van der Waals surface area contributed by atoms with E-state index >= 15 is 0 Å². The number of nitriles is 1. The molecule has 0 spiro atoms. The van der Waals surface area contributed by atoms with Crippen molar-refractivity contribution in [2.24, 2.45) is 35.5 Å². The minimum absolute atomic E-state index is 0.0382. The molecule has 5 saturated carbocycles. The number of hydrogen-bond donors (Lipinski definition) is 1. The predicted octanol–water partition coefficient (Wildman–Crippen LogP) is 2.87. The number of rotatable bonds is 4. The van der Waals surface area contributed by atoms with Gasteiger partial charge in [0.25, 0.3) is 0 Å². The lowest BCUT2D eigenvalue weighted by atomic mass is 9.49. The highest BCUT2D eigenvalue weighted by atomic mass is 16.1. The third-order valence-electron chi connectivity index (χ3n) is 6.28. The van der Waals surface area contributed by atoms with Gasteiger partial charge in [-0.25, -0.2) is 0 Å². The van der Waals surface area contributed by atoms with Crippen LogP contribution in [0, 0.1) is 46.8 Å². The maximum Gasteiger partial charge on any atom is 0.221 e. The molecule has 0 radical (unpaired) electrons. The molecule has 0 aromatic rings. The number of hydrogen-bond acceptors (Lipinski definition) is 2. The molecule has 5 aliphatic carbocycles. The SMILES string of the molecule is N#CC(CC(=O)NC1CC1)C1C2CC3CC(C2)CC1C3. The first-order valence-corrected chi connectivity index (χ1v) is 8.42. The fourth-order valence-electron chi connectivity index (χ4n) is 5.61. The van der Waals surface area contributed by atoms with Crippen LogP contribution in [0.25, 0.3) is 0 Å². The van der Waals surface area contributed by atoms with Crippen molar-refractivity contribution in [1.29, 1.82) is 5.26 Å². The second kappa shape index (κ2) is 4.76. The van der Waals surface area contributed by atoms with Crippen LogP contribution in [0.5, 0.6) is 0 Å². The van der Waals surface area contributed by atoms with Gasteiger partial charge in [0.1, 0.15) is 0 Å². The molecule has 0 heterocycles. The van der Waals surface area contributed by atoms with E-state index in [2.05, 4.69) is 11.4 Å². The molecule has 1 amide bonds. The zero-order valence-corrected chi connectivity index (χ0v) is 12.1. The molecule has 1 N–H and O–H groups in total. The number of carbonyl (C=O) groups is 1. The Morgan fingerprint density at radius 3 is 2.20 bits per heavy atom. The lowest BCUT2D eigenvalue weighted by molar-refractivity contribution is -0.123. The third kappa shape index (κ3) is 2.24. The summed E-state index contributed by atoms with van der Waals surface area (Å²) in [6.45, 7) is 0. The molecule has 5 fully saturated rings. The van der Waals surface area contributed by atoms with Crippen LogP contribution in [0.4, 0.5) is 0 Å². The smallest absolute Gasteiger partial charge is 0.221 e. The van der Waals surface area contributed by atoms with Crippen molar-refractivity contribution in [2.75, 3.05) is 0 Å². The second-order valence-electron chi connectivity index (χ2n) is 7.79. The largest absolute Gasteiger partial charge is 0.353 e. The summed E-state index contributed by atoms with van der Waals surface area (Å²) in [5, 5.41) is 12.6. The Bertz CT molecular complexity index is 420. The highest BCUT2D eigenvalue weighted by Crippen LogP contribution is 2.58. The highest BCUT2D eigenvalue weighted by molar-refractivity contribution is 5.77. The molecule has 3 nitrogen and oxygen atoms in total. The van der Waals surface area contributed by atoms with Gasteiger partial charge in [0.15, 0.2) is 0 Å². The summed E-state index contributed by atoms with van der Waals surface area (Å²) in [5.74, 6) is 3.95. The second-order valence-corrected chi connectivity index (χ2v) is 7.79. The van der Waals surface area contributed by atoms with Gasteiger partial charge in [0, 0.05) is 12.5 Å². The minimum Gasteiger partial charge on any atom is -0.353 e. The molecule has 5 aliphatic rings. The lowest BCUT2D eigenvalue weighted by Gasteiger charge is -2.55. The molecule has 20 heavy (non-hydrogen) atoms. The molecule has 0 saturated heterocycles. The van der Waals surface area contributed by atoms with Crippen molar-refractivity contribution in [3.63, 3.8) is 0 Å². The molecular weight excluding hydrogens is 248 g/mol. The Morgan fingerprint density at radius 2 is 1.70 bits per heavy atom. The van der Waals surface area contributed by atoms with Gasteiger partial charge in [-0.1, -0.05) is 0 Å². The monoisotopic (exact) mass is 272 g/mol. The van der Waals surface area contributed by atoms with Gasteiger partial charge in [-0.2, -0.15) is 5.26 Å². The average molecular weight is 272 g/mol. The molecule has 5 rings (SSSR count). The Balaban J connectivity index is 1.44. The third-order valence-corrected chi connectivity index (χ3v) is 6.28. The Kier molecular flexibility index (Phi) is 3.02. The van der Waals surface area contributed by atoms with Crippen molar-refractivity contribution in [2.45, 2.75) is 57.4 Å². The van der Waals surface area contributed by atoms with E-state index in [1.807, 2.05) is 0 Å². The van der Waals surface area contributed by atoms with Crippen molar-refractivity contribution in [3.8, 4) is 6.07 Å². The number of nitrogens with one attached hydrogen (secondary N) is 1. The van der Waals surface area contributed by atoms with Crippen LogP contribution in [0.2, 0.25) is 0 Å². The van der Waals surface area contributed by atoms with Crippen molar-refractivity contribution in [1.82, 2.24) is 5.32 Å². The molecule has 0 aliphatic heterocycles. The molecular formula is C17H24N2O. The van der Waals surface area contributed by atoms with E-state index in [-0.39, 0.29) is 11.8 Å². The zero-order chi connectivity index (χ0) is 13.7. The summed E-state index contributed by atoms with van der Waals surface area (Å²) in [7, 11) is 0. The summed E-state index contributed by atoms with van der Waals surface area (Å²) in [6.07, 6.45) is 9.47. The van der Waals surface area contributed by atoms with Gasteiger partial charge in [-0.3, -0.25) is 4.79 Å². The lowest BCUT2D eigenvalue weighted by Crippen LogP contribution is -2.48. The first-order valence-electron chi connectivity index (χ1n) is 8.42. The van der Waals surface area contributed by atoms with E-state index in [9.17, 15) is 10.1 Å². The summed E-state index contributed by atoms with van der Waals surface area (Å²) < 4.78 is 0. The number of carbonyl (C=O) groups excluding carboxylic acids is 1. The van der Waals surface area contributed by atoms with E-state index in [1.54, 1.807) is 0 Å². The predicted molar refractivity (Wildman–Crippen MR) is 75.4 cm³/mol. The molecule has 4 bridgehead atoms. The van der Waals surface area contributed by atoms with E-state index in [4.69, 9.17) is 0 Å². The topological polar surface area (TPSA) is 52.9 Å². The van der Waals surface area contributed by atoms with E-state index in [0.717, 1.165) is 36.5 Å². The van der Waals surface area contributed by atoms with Gasteiger partial charge in [-0.15, -0.1) is 0 Å². The normalized spacial score (nSPS) is 43.0. The van der Waals surface area contributed by atoms with Crippen molar-refractivity contribution in [3.05, 3.63) is 0 Å². The average Bonchev–Trinajstić information content (AvgIpc) is 3.19. The molecule has 3 heteroatoms. The molecule has 0 aromatic carbocycles. The Morgan fingerprint density at radius 1 is 1.10 bits per heavy atom. The summed E-state index contributed by atoms with van der Waals surface area (Å²) in [6, 6.07) is 2.91. The maximum absolute atomic E-state index is 12.0. The van der Waals surface area contributed by atoms with Crippen LogP contribution < -0.4 is 5.32 Å². The fraction of sp³-hybridized carbons (Fsp3) is 0.882. The van der Waals surface area contributed by atoms with E-state index in [1.165, 1.54) is 32.1 Å².